The summed E-state index contributed by atoms with van der Waals surface area (Å²) in [6.07, 6.45) is 3.11. The first-order chi connectivity index (χ1) is 8.75. The first-order valence-electron chi connectivity index (χ1n) is 6.05. The lowest BCUT2D eigenvalue weighted by Crippen LogP contribution is -2.46. The van der Waals surface area contributed by atoms with Crippen molar-refractivity contribution in [3.8, 4) is 0 Å². The van der Waals surface area contributed by atoms with Crippen molar-refractivity contribution in [2.24, 2.45) is 0 Å². The van der Waals surface area contributed by atoms with Crippen LogP contribution in [0.15, 0.2) is 23.9 Å². The van der Waals surface area contributed by atoms with Gasteiger partial charge in [-0.3, -0.25) is 5.10 Å². The molecule has 19 heavy (non-hydrogen) atoms. The van der Waals surface area contributed by atoms with Gasteiger partial charge in [0.1, 0.15) is 0 Å². The zero-order valence-electron chi connectivity index (χ0n) is 11.9. The summed E-state index contributed by atoms with van der Waals surface area (Å²) in [5, 5.41) is 9.49. The molecule has 0 spiro atoms. The normalized spacial score (nSPS) is 12.9. The zero-order chi connectivity index (χ0) is 14.7. The molecule has 0 amide bonds. The highest BCUT2D eigenvalue weighted by Gasteiger charge is 2.35. The van der Waals surface area contributed by atoms with Crippen molar-refractivity contribution in [2.45, 2.75) is 37.9 Å². The van der Waals surface area contributed by atoms with Gasteiger partial charge in [0.05, 0.1) is 6.20 Å². The number of nitrogens with zero attached hydrogens (tertiary/aromatic N) is 2. The van der Waals surface area contributed by atoms with Crippen LogP contribution in [0.2, 0.25) is 0 Å². The van der Waals surface area contributed by atoms with E-state index in [4.69, 9.17) is 0 Å². The predicted octanol–water partition coefficient (Wildman–Crippen LogP) is 1.10. The maximum Gasteiger partial charge on any atom is 0.261 e. The number of aromatic nitrogens is 2. The van der Waals surface area contributed by atoms with Gasteiger partial charge in [0.25, 0.3) is 10.0 Å². The van der Waals surface area contributed by atoms with Crippen molar-refractivity contribution in [2.75, 3.05) is 13.6 Å². The molecule has 0 aliphatic heterocycles. The van der Waals surface area contributed by atoms with Crippen LogP contribution in [-0.2, 0) is 16.6 Å². The highest BCUT2D eigenvalue weighted by Crippen LogP contribution is 2.25. The number of sulfonamides is 1. The van der Waals surface area contributed by atoms with Gasteiger partial charge in [-0.05, 0) is 27.8 Å². The minimum absolute atomic E-state index is 0.138. The molecule has 0 atom stereocenters. The van der Waals surface area contributed by atoms with Crippen LogP contribution in [0, 0.1) is 0 Å². The SMILES string of the molecule is C=CCN(C(C)(C)C)S(=O)(=O)c1[nH]ncc1CNC. The Morgan fingerprint density at radius 1 is 1.53 bits per heavy atom. The standard InChI is InChI=1S/C12H22N4O2S/c1-6-7-16(12(2,3)4)19(17,18)11-10(8-13-5)9-14-15-11/h6,9,13H,1,7-8H2,2-5H3,(H,14,15). The van der Waals surface area contributed by atoms with Crippen molar-refractivity contribution in [3.63, 3.8) is 0 Å². The van der Waals surface area contributed by atoms with E-state index in [9.17, 15) is 8.42 Å². The molecule has 108 valence electrons. The fraction of sp³-hybridized carbons (Fsp3) is 0.583. The van der Waals surface area contributed by atoms with Gasteiger partial charge in [0.15, 0.2) is 5.03 Å². The summed E-state index contributed by atoms with van der Waals surface area (Å²) < 4.78 is 26.8. The molecule has 0 unspecified atom stereocenters. The molecule has 7 heteroatoms. The summed E-state index contributed by atoms with van der Waals surface area (Å²) in [7, 11) is -1.87. The third-order valence-electron chi connectivity index (χ3n) is 2.64. The Hall–Kier alpha value is -1.18. The largest absolute Gasteiger partial charge is 0.316 e. The summed E-state index contributed by atoms with van der Waals surface area (Å²) in [5.41, 5.74) is 0.0931. The van der Waals surface area contributed by atoms with Crippen molar-refractivity contribution in [1.82, 2.24) is 19.8 Å². The fourth-order valence-corrected chi connectivity index (χ4v) is 3.67. The van der Waals surface area contributed by atoms with Crippen LogP contribution in [0.5, 0.6) is 0 Å². The number of aromatic amines is 1. The van der Waals surface area contributed by atoms with E-state index in [1.54, 1.807) is 13.1 Å². The second kappa shape index (κ2) is 5.85. The van der Waals surface area contributed by atoms with Crippen molar-refractivity contribution in [3.05, 3.63) is 24.4 Å². The second-order valence-electron chi connectivity index (χ2n) is 5.25. The highest BCUT2D eigenvalue weighted by atomic mass is 32.2. The fourth-order valence-electron chi connectivity index (χ4n) is 1.80. The minimum Gasteiger partial charge on any atom is -0.316 e. The monoisotopic (exact) mass is 286 g/mol. The van der Waals surface area contributed by atoms with E-state index in [0.29, 0.717) is 12.1 Å². The van der Waals surface area contributed by atoms with E-state index in [0.717, 1.165) is 0 Å². The number of hydrogen-bond donors (Lipinski definition) is 2. The summed E-state index contributed by atoms with van der Waals surface area (Å²) in [6.45, 7) is 9.87. The van der Waals surface area contributed by atoms with Crippen molar-refractivity contribution >= 4 is 10.0 Å². The molecular weight excluding hydrogens is 264 g/mol. The Bertz CT molecular complexity index is 528. The van der Waals surface area contributed by atoms with Crippen LogP contribution in [-0.4, -0.2) is 42.1 Å². The lowest BCUT2D eigenvalue weighted by molar-refractivity contribution is 0.269. The molecule has 0 aromatic carbocycles. The molecule has 1 heterocycles. The van der Waals surface area contributed by atoms with Gasteiger partial charge in [0.2, 0.25) is 0 Å². The molecule has 1 aromatic heterocycles. The van der Waals surface area contributed by atoms with Gasteiger partial charge in [0, 0.05) is 24.2 Å². The first-order valence-corrected chi connectivity index (χ1v) is 7.49. The Labute approximate surface area is 114 Å². The Kier molecular flexibility index (Phi) is 4.89. The Morgan fingerprint density at radius 2 is 2.16 bits per heavy atom. The van der Waals surface area contributed by atoms with E-state index < -0.39 is 15.6 Å². The smallest absolute Gasteiger partial charge is 0.261 e. The maximum atomic E-state index is 12.7. The third-order valence-corrected chi connectivity index (χ3v) is 4.78. The van der Waals surface area contributed by atoms with E-state index in [-0.39, 0.29) is 11.6 Å². The van der Waals surface area contributed by atoms with Crippen LogP contribution in [0.4, 0.5) is 0 Å². The lowest BCUT2D eigenvalue weighted by Gasteiger charge is -2.33. The molecule has 1 aromatic rings. The van der Waals surface area contributed by atoms with E-state index in [1.165, 1.54) is 10.5 Å². The lowest BCUT2D eigenvalue weighted by atomic mass is 10.1. The Balaban J connectivity index is 3.27. The first kappa shape index (κ1) is 15.9. The highest BCUT2D eigenvalue weighted by molar-refractivity contribution is 7.89. The van der Waals surface area contributed by atoms with Gasteiger partial charge in [-0.25, -0.2) is 8.42 Å². The molecule has 2 N–H and O–H groups in total. The predicted molar refractivity (Wildman–Crippen MR) is 75.2 cm³/mol. The van der Waals surface area contributed by atoms with Gasteiger partial charge >= 0.3 is 0 Å². The van der Waals surface area contributed by atoms with E-state index in [2.05, 4.69) is 22.1 Å². The summed E-state index contributed by atoms with van der Waals surface area (Å²) in [5.74, 6) is 0. The van der Waals surface area contributed by atoms with E-state index >= 15 is 0 Å². The average Bonchev–Trinajstić information content (AvgIpc) is 2.73. The van der Waals surface area contributed by atoms with Gasteiger partial charge in [-0.2, -0.15) is 9.40 Å². The summed E-state index contributed by atoms with van der Waals surface area (Å²) >= 11 is 0. The van der Waals surface area contributed by atoms with Crippen molar-refractivity contribution < 1.29 is 8.42 Å². The molecular formula is C12H22N4O2S. The Morgan fingerprint density at radius 3 is 2.63 bits per heavy atom. The number of H-pyrrole nitrogens is 1. The van der Waals surface area contributed by atoms with Gasteiger partial charge < -0.3 is 5.32 Å². The number of rotatable bonds is 6. The maximum absolute atomic E-state index is 12.7. The van der Waals surface area contributed by atoms with Crippen LogP contribution >= 0.6 is 0 Å². The van der Waals surface area contributed by atoms with Crippen LogP contribution in [0.25, 0.3) is 0 Å². The molecule has 0 saturated carbocycles. The van der Waals surface area contributed by atoms with Crippen molar-refractivity contribution in [1.29, 1.82) is 0 Å². The minimum atomic E-state index is -3.63. The molecule has 0 aliphatic rings. The molecule has 0 bridgehead atoms. The quantitative estimate of drug-likeness (QED) is 0.768. The molecule has 1 rings (SSSR count). The van der Waals surface area contributed by atoms with Crippen LogP contribution in [0.3, 0.4) is 0 Å². The van der Waals surface area contributed by atoms with E-state index in [1.807, 2.05) is 20.8 Å². The third kappa shape index (κ3) is 3.43. The molecule has 0 saturated heterocycles. The number of hydrogen-bond acceptors (Lipinski definition) is 4. The topological polar surface area (TPSA) is 78.1 Å². The van der Waals surface area contributed by atoms with Crippen LogP contribution < -0.4 is 5.32 Å². The molecule has 0 radical (unpaired) electrons. The molecule has 6 nitrogen and oxygen atoms in total. The number of nitrogens with one attached hydrogen (secondary N) is 2. The van der Waals surface area contributed by atoms with Crippen LogP contribution in [0.1, 0.15) is 26.3 Å². The molecule has 0 aliphatic carbocycles. The summed E-state index contributed by atoms with van der Waals surface area (Å²) in [6, 6.07) is 0. The summed E-state index contributed by atoms with van der Waals surface area (Å²) in [4.78, 5) is 0. The zero-order valence-corrected chi connectivity index (χ0v) is 12.7. The second-order valence-corrected chi connectivity index (χ2v) is 7.05. The molecule has 0 fully saturated rings. The van der Waals surface area contributed by atoms with Gasteiger partial charge in [-0.1, -0.05) is 6.08 Å². The average molecular weight is 286 g/mol. The van der Waals surface area contributed by atoms with Gasteiger partial charge in [-0.15, -0.1) is 6.58 Å².